The number of hydrogen-bond donors (Lipinski definition) is 1. The van der Waals surface area contributed by atoms with Crippen LogP contribution in [-0.2, 0) is 4.79 Å². The highest BCUT2D eigenvalue weighted by atomic mass is 35.5. The molecule has 0 saturated heterocycles. The number of hydrogen-bond acceptors (Lipinski definition) is 3. The van der Waals surface area contributed by atoms with Gasteiger partial charge >= 0.3 is 0 Å². The number of fused-ring (bicyclic) bond motifs is 1. The Hall–Kier alpha value is -1.81. The number of alkyl halides is 1. The van der Waals surface area contributed by atoms with Crippen LogP contribution in [0.5, 0.6) is 5.75 Å². The monoisotopic (exact) mass is 264 g/mol. The van der Waals surface area contributed by atoms with Crippen LogP contribution in [0.3, 0.4) is 0 Å². The smallest absolute Gasteiger partial charge is 0.239 e. The summed E-state index contributed by atoms with van der Waals surface area (Å²) in [6.45, 7) is 1.88. The summed E-state index contributed by atoms with van der Waals surface area (Å²) >= 11 is 5.50. The Labute approximate surface area is 110 Å². The fourth-order valence-electron chi connectivity index (χ4n) is 1.75. The zero-order valence-corrected chi connectivity index (χ0v) is 10.9. The van der Waals surface area contributed by atoms with Gasteiger partial charge in [-0.15, -0.1) is 11.6 Å². The number of carbonyl (C=O) groups excluding carboxylic acids is 1. The number of anilines is 1. The summed E-state index contributed by atoms with van der Waals surface area (Å²) in [5.41, 5.74) is 2.33. The summed E-state index contributed by atoms with van der Waals surface area (Å²) in [6, 6.07) is 7.34. The van der Waals surface area contributed by atoms with Crippen molar-refractivity contribution < 1.29 is 9.53 Å². The van der Waals surface area contributed by atoms with Gasteiger partial charge in [-0.1, -0.05) is 0 Å². The maximum atomic E-state index is 11.4. The molecule has 0 atom stereocenters. The van der Waals surface area contributed by atoms with E-state index < -0.39 is 0 Å². The molecule has 2 rings (SSSR count). The Bertz CT molecular complexity index is 599. The maximum absolute atomic E-state index is 11.4. The quantitative estimate of drug-likeness (QED) is 0.868. The first-order valence-electron chi connectivity index (χ1n) is 5.45. The number of aryl methyl sites for hydroxylation is 1. The molecule has 4 nitrogen and oxygen atoms in total. The molecule has 0 unspecified atom stereocenters. The average molecular weight is 265 g/mol. The number of rotatable bonds is 3. The third-order valence-electron chi connectivity index (χ3n) is 2.54. The van der Waals surface area contributed by atoms with Crippen LogP contribution in [0.25, 0.3) is 10.9 Å². The zero-order chi connectivity index (χ0) is 13.1. The second-order valence-corrected chi connectivity index (χ2v) is 4.14. The van der Waals surface area contributed by atoms with Gasteiger partial charge < -0.3 is 10.1 Å². The molecule has 0 radical (unpaired) electrons. The lowest BCUT2D eigenvalue weighted by atomic mass is 10.1. The van der Waals surface area contributed by atoms with Crippen LogP contribution in [0.4, 0.5) is 5.69 Å². The highest BCUT2D eigenvalue weighted by Crippen LogP contribution is 2.27. The molecular formula is C13H13ClN2O2. The Balaban J connectivity index is 2.57. The number of nitrogens with one attached hydrogen (secondary N) is 1. The molecule has 0 bridgehead atoms. The fraction of sp³-hybridized carbons (Fsp3) is 0.231. The van der Waals surface area contributed by atoms with Crippen molar-refractivity contribution >= 4 is 34.1 Å². The number of ether oxygens (including phenoxy) is 1. The van der Waals surface area contributed by atoms with Crippen molar-refractivity contribution in [2.75, 3.05) is 18.3 Å². The van der Waals surface area contributed by atoms with E-state index in [9.17, 15) is 4.79 Å². The van der Waals surface area contributed by atoms with Gasteiger partial charge in [0.25, 0.3) is 0 Å². The van der Waals surface area contributed by atoms with Gasteiger partial charge in [0.05, 0.1) is 18.3 Å². The summed E-state index contributed by atoms with van der Waals surface area (Å²) in [6.07, 6.45) is 0. The summed E-state index contributed by atoms with van der Waals surface area (Å²) in [4.78, 5) is 15.8. The molecule has 1 amide bonds. The first kappa shape index (κ1) is 12.6. The van der Waals surface area contributed by atoms with Crippen molar-refractivity contribution in [1.82, 2.24) is 4.98 Å². The lowest BCUT2D eigenvalue weighted by molar-refractivity contribution is -0.113. The number of pyridine rings is 1. The van der Waals surface area contributed by atoms with E-state index in [-0.39, 0.29) is 11.8 Å². The highest BCUT2D eigenvalue weighted by Gasteiger charge is 2.08. The minimum Gasteiger partial charge on any atom is -0.497 e. The van der Waals surface area contributed by atoms with Crippen molar-refractivity contribution in [3.8, 4) is 5.75 Å². The second kappa shape index (κ2) is 5.23. The molecule has 5 heteroatoms. The Morgan fingerprint density at radius 1 is 1.44 bits per heavy atom. The van der Waals surface area contributed by atoms with Gasteiger partial charge in [0.2, 0.25) is 5.91 Å². The van der Waals surface area contributed by atoms with Gasteiger partial charge in [0.1, 0.15) is 11.6 Å². The number of carbonyl (C=O) groups is 1. The van der Waals surface area contributed by atoms with E-state index in [1.165, 1.54) is 0 Å². The standard InChI is InChI=1S/C13H13ClN2O2/c1-8-5-12(16-13(17)7-14)10-6-9(18-2)3-4-11(10)15-8/h3-6H,7H2,1-2H3,(H,15,16,17). The normalized spacial score (nSPS) is 10.4. The number of aromatic nitrogens is 1. The predicted octanol–water partition coefficient (Wildman–Crippen LogP) is 2.73. The molecule has 94 valence electrons. The first-order valence-corrected chi connectivity index (χ1v) is 5.98. The van der Waals surface area contributed by atoms with Gasteiger partial charge in [-0.3, -0.25) is 9.78 Å². The summed E-state index contributed by atoms with van der Waals surface area (Å²) in [5.74, 6) is 0.397. The van der Waals surface area contributed by atoms with Crippen LogP contribution in [0.15, 0.2) is 24.3 Å². The van der Waals surface area contributed by atoms with Crippen molar-refractivity contribution in [2.45, 2.75) is 6.92 Å². The van der Waals surface area contributed by atoms with E-state index in [0.29, 0.717) is 5.69 Å². The summed E-state index contributed by atoms with van der Waals surface area (Å²) < 4.78 is 5.17. The molecule has 1 N–H and O–H groups in total. The molecule has 2 aromatic rings. The molecule has 1 aromatic carbocycles. The van der Waals surface area contributed by atoms with E-state index in [1.807, 2.05) is 31.2 Å². The van der Waals surface area contributed by atoms with Crippen LogP contribution in [-0.4, -0.2) is 23.9 Å². The van der Waals surface area contributed by atoms with E-state index in [1.54, 1.807) is 7.11 Å². The number of methoxy groups -OCH3 is 1. The first-order chi connectivity index (χ1) is 8.63. The molecule has 1 aromatic heterocycles. The number of benzene rings is 1. The third-order valence-corrected chi connectivity index (χ3v) is 2.78. The molecule has 0 aliphatic rings. The SMILES string of the molecule is COc1ccc2nc(C)cc(NC(=O)CCl)c2c1. The van der Waals surface area contributed by atoms with Crippen molar-refractivity contribution in [2.24, 2.45) is 0 Å². The number of amides is 1. The lowest BCUT2D eigenvalue weighted by Gasteiger charge is -2.10. The Morgan fingerprint density at radius 3 is 2.89 bits per heavy atom. The van der Waals surface area contributed by atoms with Crippen LogP contribution >= 0.6 is 11.6 Å². The van der Waals surface area contributed by atoms with E-state index in [2.05, 4.69) is 10.3 Å². The van der Waals surface area contributed by atoms with Crippen LogP contribution in [0, 0.1) is 6.92 Å². The van der Waals surface area contributed by atoms with Gasteiger partial charge in [-0.25, -0.2) is 0 Å². The van der Waals surface area contributed by atoms with Gasteiger partial charge in [-0.05, 0) is 31.2 Å². The van der Waals surface area contributed by atoms with E-state index in [4.69, 9.17) is 16.3 Å². The second-order valence-electron chi connectivity index (χ2n) is 3.88. The molecule has 1 heterocycles. The lowest BCUT2D eigenvalue weighted by Crippen LogP contribution is -2.13. The van der Waals surface area contributed by atoms with E-state index in [0.717, 1.165) is 22.3 Å². The van der Waals surface area contributed by atoms with E-state index >= 15 is 0 Å². The maximum Gasteiger partial charge on any atom is 0.239 e. The largest absolute Gasteiger partial charge is 0.497 e. The molecule has 0 aliphatic heterocycles. The Morgan fingerprint density at radius 2 is 2.22 bits per heavy atom. The minimum atomic E-state index is -0.244. The predicted molar refractivity (Wildman–Crippen MR) is 72.4 cm³/mol. The van der Waals surface area contributed by atoms with Crippen LogP contribution < -0.4 is 10.1 Å². The minimum absolute atomic E-state index is 0.0766. The molecular weight excluding hydrogens is 252 g/mol. The van der Waals surface area contributed by atoms with Crippen molar-refractivity contribution in [3.05, 3.63) is 30.0 Å². The third kappa shape index (κ3) is 2.54. The van der Waals surface area contributed by atoms with Crippen molar-refractivity contribution in [1.29, 1.82) is 0 Å². The summed E-state index contributed by atoms with van der Waals surface area (Å²) in [7, 11) is 1.60. The topological polar surface area (TPSA) is 51.2 Å². The molecule has 0 spiro atoms. The fourth-order valence-corrected chi connectivity index (χ4v) is 1.82. The van der Waals surface area contributed by atoms with Crippen molar-refractivity contribution in [3.63, 3.8) is 0 Å². The number of halogens is 1. The average Bonchev–Trinajstić information content (AvgIpc) is 2.38. The zero-order valence-electron chi connectivity index (χ0n) is 10.2. The summed E-state index contributed by atoms with van der Waals surface area (Å²) in [5, 5.41) is 3.59. The number of nitrogens with zero attached hydrogens (tertiary/aromatic N) is 1. The highest BCUT2D eigenvalue weighted by molar-refractivity contribution is 6.29. The van der Waals surface area contributed by atoms with Gasteiger partial charge in [-0.2, -0.15) is 0 Å². The van der Waals surface area contributed by atoms with Crippen LogP contribution in [0.2, 0.25) is 0 Å². The molecule has 0 saturated carbocycles. The molecule has 0 aliphatic carbocycles. The van der Waals surface area contributed by atoms with Crippen LogP contribution in [0.1, 0.15) is 5.69 Å². The van der Waals surface area contributed by atoms with Gasteiger partial charge in [0.15, 0.2) is 0 Å². The molecule has 18 heavy (non-hydrogen) atoms. The molecule has 0 fully saturated rings. The van der Waals surface area contributed by atoms with Gasteiger partial charge in [0, 0.05) is 11.1 Å². The Kier molecular flexibility index (Phi) is 3.67.